The SMILES string of the molecule is CC(C)=CCC(C)(C)C/C=C/[C@@H]1[C@@H](C/C=C\CCC(O)(O)C(=O)O)CC[C@@H]1Cl. The highest BCUT2D eigenvalue weighted by Crippen LogP contribution is 2.39. The third kappa shape index (κ3) is 8.93. The quantitative estimate of drug-likeness (QED) is 0.240. The maximum atomic E-state index is 10.7. The molecule has 0 heterocycles. The van der Waals surface area contributed by atoms with Gasteiger partial charge in [0.25, 0.3) is 5.79 Å². The van der Waals surface area contributed by atoms with E-state index < -0.39 is 11.8 Å². The summed E-state index contributed by atoms with van der Waals surface area (Å²) in [5, 5.41) is 27.4. The Morgan fingerprint density at radius 3 is 2.39 bits per heavy atom. The lowest BCUT2D eigenvalue weighted by Crippen LogP contribution is -2.37. The van der Waals surface area contributed by atoms with E-state index in [0.717, 1.165) is 32.1 Å². The minimum absolute atomic E-state index is 0.157. The Hall–Kier alpha value is -1.10. The zero-order valence-electron chi connectivity index (χ0n) is 17.7. The van der Waals surface area contributed by atoms with Gasteiger partial charge in [-0.2, -0.15) is 0 Å². The molecule has 4 nitrogen and oxygen atoms in total. The topological polar surface area (TPSA) is 77.8 Å². The summed E-state index contributed by atoms with van der Waals surface area (Å²) in [6, 6.07) is 0. The highest BCUT2D eigenvalue weighted by atomic mass is 35.5. The molecule has 0 aromatic rings. The lowest BCUT2D eigenvalue weighted by Gasteiger charge is -2.22. The van der Waals surface area contributed by atoms with E-state index in [4.69, 9.17) is 16.7 Å². The molecule has 0 aromatic heterocycles. The zero-order chi connectivity index (χ0) is 21.4. The Morgan fingerprint density at radius 2 is 1.79 bits per heavy atom. The number of aliphatic hydroxyl groups is 2. The van der Waals surface area contributed by atoms with E-state index in [1.807, 2.05) is 12.2 Å². The fraction of sp³-hybridized carbons (Fsp3) is 0.696. The fourth-order valence-electron chi connectivity index (χ4n) is 3.49. The number of hydrogen-bond donors (Lipinski definition) is 3. The molecule has 0 amide bonds. The molecular weight excluding hydrogens is 376 g/mol. The Balaban J connectivity index is 2.51. The van der Waals surface area contributed by atoms with Crippen LogP contribution in [0.3, 0.4) is 0 Å². The summed E-state index contributed by atoms with van der Waals surface area (Å²) < 4.78 is 0. The highest BCUT2D eigenvalue weighted by Gasteiger charge is 2.33. The van der Waals surface area contributed by atoms with Crippen molar-refractivity contribution in [2.24, 2.45) is 17.3 Å². The predicted molar refractivity (Wildman–Crippen MR) is 115 cm³/mol. The molecule has 1 aliphatic rings. The summed E-state index contributed by atoms with van der Waals surface area (Å²) in [5.41, 5.74) is 1.58. The number of aliphatic carboxylic acids is 1. The molecule has 0 saturated heterocycles. The third-order valence-corrected chi connectivity index (χ3v) is 5.98. The summed E-state index contributed by atoms with van der Waals surface area (Å²) in [6.45, 7) is 8.82. The van der Waals surface area contributed by atoms with Crippen LogP contribution in [0.2, 0.25) is 0 Å². The van der Waals surface area contributed by atoms with Crippen molar-refractivity contribution in [2.45, 2.75) is 83.8 Å². The Kier molecular flexibility index (Phi) is 9.96. The zero-order valence-corrected chi connectivity index (χ0v) is 18.5. The summed E-state index contributed by atoms with van der Waals surface area (Å²) >= 11 is 6.54. The number of carboxylic acid groups (broad SMARTS) is 1. The maximum Gasteiger partial charge on any atom is 0.364 e. The first-order chi connectivity index (χ1) is 12.9. The molecule has 1 aliphatic carbocycles. The number of allylic oxidation sites excluding steroid dienone is 6. The molecule has 0 bridgehead atoms. The van der Waals surface area contributed by atoms with Crippen molar-refractivity contribution >= 4 is 17.6 Å². The molecule has 5 heteroatoms. The van der Waals surface area contributed by atoms with Crippen molar-refractivity contribution in [1.29, 1.82) is 0 Å². The van der Waals surface area contributed by atoms with E-state index in [9.17, 15) is 15.0 Å². The molecule has 0 aliphatic heterocycles. The predicted octanol–water partition coefficient (Wildman–Crippen LogP) is 5.44. The third-order valence-electron chi connectivity index (χ3n) is 5.47. The molecular formula is C23H37ClO4. The molecule has 1 rings (SSSR count). The van der Waals surface area contributed by atoms with Gasteiger partial charge in [0.05, 0.1) is 0 Å². The van der Waals surface area contributed by atoms with Crippen molar-refractivity contribution in [3.63, 3.8) is 0 Å². The van der Waals surface area contributed by atoms with Gasteiger partial charge in [-0.25, -0.2) is 4.79 Å². The van der Waals surface area contributed by atoms with Gasteiger partial charge in [0.2, 0.25) is 0 Å². The lowest BCUT2D eigenvalue weighted by molar-refractivity contribution is -0.205. The Morgan fingerprint density at radius 1 is 1.11 bits per heavy atom. The highest BCUT2D eigenvalue weighted by molar-refractivity contribution is 6.21. The van der Waals surface area contributed by atoms with Crippen molar-refractivity contribution in [2.75, 3.05) is 0 Å². The van der Waals surface area contributed by atoms with E-state index >= 15 is 0 Å². The first-order valence-electron chi connectivity index (χ1n) is 10.2. The first-order valence-corrected chi connectivity index (χ1v) is 10.7. The number of carbonyl (C=O) groups is 1. The average Bonchev–Trinajstić information content (AvgIpc) is 2.93. The summed E-state index contributed by atoms with van der Waals surface area (Å²) in [4.78, 5) is 10.7. The molecule has 0 aromatic carbocycles. The minimum atomic E-state index is -2.65. The van der Waals surface area contributed by atoms with Crippen molar-refractivity contribution in [1.82, 2.24) is 0 Å². The smallest absolute Gasteiger partial charge is 0.364 e. The van der Waals surface area contributed by atoms with Gasteiger partial charge in [0.1, 0.15) is 0 Å². The van der Waals surface area contributed by atoms with Crippen LogP contribution in [0.1, 0.15) is 72.6 Å². The van der Waals surface area contributed by atoms with E-state index in [1.54, 1.807) is 0 Å². The number of rotatable bonds is 11. The van der Waals surface area contributed by atoms with Crippen LogP contribution in [-0.4, -0.2) is 32.5 Å². The van der Waals surface area contributed by atoms with Crippen molar-refractivity contribution in [3.05, 3.63) is 36.0 Å². The number of hydrogen-bond acceptors (Lipinski definition) is 3. The molecule has 0 spiro atoms. The second-order valence-corrected chi connectivity index (χ2v) is 9.64. The molecule has 3 N–H and O–H groups in total. The van der Waals surface area contributed by atoms with E-state index in [-0.39, 0.29) is 17.2 Å². The van der Waals surface area contributed by atoms with Crippen LogP contribution in [0, 0.1) is 17.3 Å². The number of halogens is 1. The van der Waals surface area contributed by atoms with Gasteiger partial charge in [-0.3, -0.25) is 0 Å². The molecule has 0 radical (unpaired) electrons. The van der Waals surface area contributed by atoms with Gasteiger partial charge in [0.15, 0.2) is 0 Å². The second-order valence-electron chi connectivity index (χ2n) is 9.08. The molecule has 3 atom stereocenters. The molecule has 1 saturated carbocycles. The van der Waals surface area contributed by atoms with Crippen LogP contribution in [0.5, 0.6) is 0 Å². The van der Waals surface area contributed by atoms with Gasteiger partial charge >= 0.3 is 5.97 Å². The second kappa shape index (κ2) is 11.2. The lowest BCUT2D eigenvalue weighted by atomic mass is 9.84. The molecule has 160 valence electrons. The van der Waals surface area contributed by atoms with Crippen LogP contribution in [0.25, 0.3) is 0 Å². The van der Waals surface area contributed by atoms with E-state index in [1.165, 1.54) is 5.57 Å². The number of carboxylic acids is 1. The summed E-state index contributed by atoms with van der Waals surface area (Å²) in [7, 11) is 0. The number of alkyl halides is 1. The fourth-order valence-corrected chi connectivity index (χ4v) is 3.91. The van der Waals surface area contributed by atoms with Crippen LogP contribution < -0.4 is 0 Å². The van der Waals surface area contributed by atoms with Gasteiger partial charge in [-0.05, 0) is 69.6 Å². The van der Waals surface area contributed by atoms with Crippen LogP contribution in [0.4, 0.5) is 0 Å². The average molecular weight is 413 g/mol. The summed E-state index contributed by atoms with van der Waals surface area (Å²) in [6.07, 6.45) is 15.8. The minimum Gasteiger partial charge on any atom is -0.477 e. The van der Waals surface area contributed by atoms with Crippen LogP contribution in [-0.2, 0) is 4.79 Å². The van der Waals surface area contributed by atoms with Crippen LogP contribution in [0.15, 0.2) is 36.0 Å². The Labute approximate surface area is 175 Å². The molecule has 28 heavy (non-hydrogen) atoms. The Bertz CT molecular complexity index is 585. The van der Waals surface area contributed by atoms with Gasteiger partial charge in [0, 0.05) is 11.8 Å². The maximum absolute atomic E-state index is 10.7. The first kappa shape index (κ1) is 24.9. The van der Waals surface area contributed by atoms with Crippen LogP contribution >= 0.6 is 11.6 Å². The largest absolute Gasteiger partial charge is 0.477 e. The monoisotopic (exact) mass is 412 g/mol. The van der Waals surface area contributed by atoms with Gasteiger partial charge in [-0.1, -0.05) is 49.8 Å². The summed E-state index contributed by atoms with van der Waals surface area (Å²) in [5.74, 6) is -3.44. The standard InChI is InChI=1S/C23H37ClO4/c1-17(2)13-16-22(3,4)14-8-10-19-18(11-12-20(19)24)9-6-5-7-15-23(27,28)21(25)26/h5-6,8,10,13,18-20,27-28H,7,9,11-12,14-16H2,1-4H3,(H,25,26)/b6-5-,10-8+/t18-,19+,20-/m0/s1. The normalized spacial score (nSPS) is 23.6. The molecule has 1 fully saturated rings. The van der Waals surface area contributed by atoms with Gasteiger partial charge < -0.3 is 15.3 Å². The van der Waals surface area contributed by atoms with E-state index in [0.29, 0.717) is 18.3 Å². The molecule has 0 unspecified atom stereocenters. The van der Waals surface area contributed by atoms with E-state index in [2.05, 4.69) is 45.9 Å². The van der Waals surface area contributed by atoms with Crippen molar-refractivity contribution in [3.8, 4) is 0 Å². The van der Waals surface area contributed by atoms with Crippen molar-refractivity contribution < 1.29 is 20.1 Å². The van der Waals surface area contributed by atoms with Gasteiger partial charge in [-0.15, -0.1) is 11.6 Å².